The maximum atomic E-state index is 14.5. The first-order valence-corrected chi connectivity index (χ1v) is 16.7. The van der Waals surface area contributed by atoms with Crippen LogP contribution < -0.4 is 9.62 Å². The van der Waals surface area contributed by atoms with E-state index >= 15 is 0 Å². The minimum Gasteiger partial charge on any atom is -0.350 e. The van der Waals surface area contributed by atoms with Gasteiger partial charge in [0, 0.05) is 28.5 Å². The summed E-state index contributed by atoms with van der Waals surface area (Å²) in [5, 5.41) is 3.76. The van der Waals surface area contributed by atoms with Crippen LogP contribution >= 0.6 is 23.2 Å². The molecule has 0 saturated heterocycles. The van der Waals surface area contributed by atoms with E-state index in [2.05, 4.69) is 5.32 Å². The van der Waals surface area contributed by atoms with Crippen LogP contribution in [0.4, 0.5) is 5.69 Å². The third-order valence-corrected chi connectivity index (χ3v) is 9.43. The molecule has 0 heterocycles. The first-order valence-electron chi connectivity index (χ1n) is 14.5. The largest absolute Gasteiger partial charge is 0.350 e. The van der Waals surface area contributed by atoms with Crippen molar-refractivity contribution in [2.45, 2.75) is 57.1 Å². The van der Waals surface area contributed by atoms with E-state index in [1.807, 2.05) is 58.0 Å². The molecule has 7 nitrogen and oxygen atoms in total. The smallest absolute Gasteiger partial charge is 0.264 e. The minimum absolute atomic E-state index is 0.0389. The first kappa shape index (κ1) is 34.0. The molecule has 0 unspecified atom stereocenters. The van der Waals surface area contributed by atoms with Gasteiger partial charge in [-0.15, -0.1) is 0 Å². The highest BCUT2D eigenvalue weighted by Crippen LogP contribution is 2.27. The van der Waals surface area contributed by atoms with Crippen molar-refractivity contribution in [1.82, 2.24) is 10.2 Å². The van der Waals surface area contributed by atoms with E-state index in [1.54, 1.807) is 60.7 Å². The summed E-state index contributed by atoms with van der Waals surface area (Å²) in [4.78, 5) is 29.9. The topological polar surface area (TPSA) is 86.8 Å². The van der Waals surface area contributed by atoms with Crippen LogP contribution in [0.3, 0.4) is 0 Å². The lowest BCUT2D eigenvalue weighted by atomic mass is 10.0. The number of hydrogen-bond donors (Lipinski definition) is 1. The lowest BCUT2D eigenvalue weighted by Crippen LogP contribution is -2.56. The summed E-state index contributed by atoms with van der Waals surface area (Å²) in [6.07, 6.45) is 0.190. The summed E-state index contributed by atoms with van der Waals surface area (Å²) < 4.78 is 29.2. The summed E-state index contributed by atoms with van der Waals surface area (Å²) in [6.45, 7) is 6.86. The van der Waals surface area contributed by atoms with Crippen LogP contribution in [0.5, 0.6) is 0 Å². The molecule has 4 aromatic rings. The van der Waals surface area contributed by atoms with E-state index in [4.69, 9.17) is 23.2 Å². The Morgan fingerprint density at radius 3 is 2.02 bits per heavy atom. The van der Waals surface area contributed by atoms with Crippen LogP contribution in [0.2, 0.25) is 10.0 Å². The van der Waals surface area contributed by atoms with Gasteiger partial charge in [-0.2, -0.15) is 0 Å². The van der Waals surface area contributed by atoms with Gasteiger partial charge in [-0.3, -0.25) is 13.9 Å². The van der Waals surface area contributed by atoms with Gasteiger partial charge in [-0.05, 0) is 75.2 Å². The van der Waals surface area contributed by atoms with Crippen molar-refractivity contribution < 1.29 is 18.0 Å². The molecule has 10 heteroatoms. The Hall–Kier alpha value is -3.85. The number of anilines is 1. The molecule has 4 rings (SSSR count). The molecule has 2 amide bonds. The number of nitrogens with one attached hydrogen (secondary N) is 1. The Balaban J connectivity index is 1.83. The number of aryl methyl sites for hydroxylation is 1. The van der Waals surface area contributed by atoms with Crippen molar-refractivity contribution in [1.29, 1.82) is 0 Å². The number of carbonyl (C=O) groups excluding carboxylic acids is 2. The van der Waals surface area contributed by atoms with Crippen LogP contribution in [0.15, 0.2) is 108 Å². The molecule has 0 radical (unpaired) electrons. The Labute approximate surface area is 275 Å². The number of carbonyl (C=O) groups is 2. The van der Waals surface area contributed by atoms with E-state index in [9.17, 15) is 18.0 Å². The average Bonchev–Trinajstić information content (AvgIpc) is 2.99. The summed E-state index contributed by atoms with van der Waals surface area (Å²) >= 11 is 12.7. The monoisotopic (exact) mass is 665 g/mol. The standard InChI is InChI=1S/C35H37Cl2N3O4S/c1-25-15-19-29(20-16-25)40(45(43,44)30-13-9-6-10-14-30)24-33(41)39(23-27-17-18-28(36)22-31(27)37)32(34(42)38-35(2,3)4)21-26-11-7-5-8-12-26/h5-20,22,32H,21,23-24H2,1-4H3,(H,38,42)/t32-/m0/s1. The number of benzene rings is 4. The molecule has 0 saturated carbocycles. The molecule has 0 spiro atoms. The van der Waals surface area contributed by atoms with Gasteiger partial charge in [0.1, 0.15) is 12.6 Å². The fourth-order valence-corrected chi connectivity index (χ4v) is 6.70. The maximum absolute atomic E-state index is 14.5. The van der Waals surface area contributed by atoms with E-state index in [-0.39, 0.29) is 23.8 Å². The Kier molecular flexibility index (Phi) is 11.0. The number of rotatable bonds is 11. The molecule has 1 N–H and O–H groups in total. The van der Waals surface area contributed by atoms with Crippen molar-refractivity contribution >= 4 is 50.7 Å². The van der Waals surface area contributed by atoms with Crippen molar-refractivity contribution in [3.63, 3.8) is 0 Å². The quantitative estimate of drug-likeness (QED) is 0.186. The van der Waals surface area contributed by atoms with Crippen LogP contribution in [0.25, 0.3) is 0 Å². The van der Waals surface area contributed by atoms with E-state index in [1.165, 1.54) is 17.0 Å². The Morgan fingerprint density at radius 2 is 1.44 bits per heavy atom. The summed E-state index contributed by atoms with van der Waals surface area (Å²) in [6, 6.07) is 28.1. The highest BCUT2D eigenvalue weighted by Gasteiger charge is 2.35. The molecule has 236 valence electrons. The van der Waals surface area contributed by atoms with Crippen LogP contribution in [0.1, 0.15) is 37.5 Å². The minimum atomic E-state index is -4.17. The van der Waals surface area contributed by atoms with Crippen LogP contribution in [0, 0.1) is 6.92 Å². The molecule has 0 aromatic heterocycles. The zero-order valence-corrected chi connectivity index (χ0v) is 28.0. The van der Waals surface area contributed by atoms with Crippen molar-refractivity contribution in [2.75, 3.05) is 10.8 Å². The van der Waals surface area contributed by atoms with Crippen LogP contribution in [-0.4, -0.2) is 43.3 Å². The number of halogens is 2. The third kappa shape index (κ3) is 9.10. The summed E-state index contributed by atoms with van der Waals surface area (Å²) in [5.74, 6) is -0.955. The number of amides is 2. The van der Waals surface area contributed by atoms with Gasteiger partial charge >= 0.3 is 0 Å². The molecule has 0 bridgehead atoms. The zero-order chi connectivity index (χ0) is 32.8. The molecule has 0 aliphatic carbocycles. The summed E-state index contributed by atoms with van der Waals surface area (Å²) in [5.41, 5.74) is 2.05. The van der Waals surface area contributed by atoms with E-state index < -0.39 is 34.1 Å². The Bertz CT molecular complexity index is 1730. The van der Waals surface area contributed by atoms with Crippen molar-refractivity contribution in [3.8, 4) is 0 Å². The molecule has 0 aliphatic heterocycles. The van der Waals surface area contributed by atoms with E-state index in [0.29, 0.717) is 21.3 Å². The highest BCUT2D eigenvalue weighted by molar-refractivity contribution is 7.92. The molecule has 0 fully saturated rings. The van der Waals surface area contributed by atoms with Gasteiger partial charge in [0.15, 0.2) is 0 Å². The average molecular weight is 667 g/mol. The second-order valence-corrected chi connectivity index (χ2v) is 14.6. The van der Waals surface area contributed by atoms with E-state index in [0.717, 1.165) is 15.4 Å². The second-order valence-electron chi connectivity index (χ2n) is 11.9. The fourth-order valence-electron chi connectivity index (χ4n) is 4.80. The number of hydrogen-bond acceptors (Lipinski definition) is 4. The van der Waals surface area contributed by atoms with Gasteiger partial charge in [0.2, 0.25) is 11.8 Å². The normalized spacial score (nSPS) is 12.3. The number of nitrogens with zero attached hydrogens (tertiary/aromatic N) is 2. The highest BCUT2D eigenvalue weighted by atomic mass is 35.5. The molecular weight excluding hydrogens is 629 g/mol. The SMILES string of the molecule is Cc1ccc(N(CC(=O)N(Cc2ccc(Cl)cc2Cl)[C@@H](Cc2ccccc2)C(=O)NC(C)(C)C)S(=O)(=O)c2ccccc2)cc1. The van der Waals surface area contributed by atoms with Gasteiger partial charge in [0.25, 0.3) is 10.0 Å². The lowest BCUT2D eigenvalue weighted by molar-refractivity contribution is -0.140. The zero-order valence-electron chi connectivity index (χ0n) is 25.7. The molecule has 0 aliphatic rings. The molecule has 4 aromatic carbocycles. The third-order valence-electron chi connectivity index (χ3n) is 7.06. The van der Waals surface area contributed by atoms with Gasteiger partial charge < -0.3 is 10.2 Å². The predicted octanol–water partition coefficient (Wildman–Crippen LogP) is 7.05. The molecular formula is C35H37Cl2N3O4S. The van der Waals surface area contributed by atoms with Crippen molar-refractivity contribution in [2.24, 2.45) is 0 Å². The van der Waals surface area contributed by atoms with Gasteiger partial charge in [-0.25, -0.2) is 8.42 Å². The summed E-state index contributed by atoms with van der Waals surface area (Å²) in [7, 11) is -4.17. The van der Waals surface area contributed by atoms with Crippen LogP contribution in [-0.2, 0) is 32.6 Å². The Morgan fingerprint density at radius 1 is 0.844 bits per heavy atom. The van der Waals surface area contributed by atoms with Gasteiger partial charge in [0.05, 0.1) is 10.6 Å². The molecule has 45 heavy (non-hydrogen) atoms. The maximum Gasteiger partial charge on any atom is 0.264 e. The van der Waals surface area contributed by atoms with Crippen molar-refractivity contribution in [3.05, 3.63) is 130 Å². The molecule has 1 atom stereocenters. The number of sulfonamides is 1. The fraction of sp³-hybridized carbons (Fsp3) is 0.257. The predicted molar refractivity (Wildman–Crippen MR) is 181 cm³/mol. The van der Waals surface area contributed by atoms with Gasteiger partial charge in [-0.1, -0.05) is 95.5 Å². The lowest BCUT2D eigenvalue weighted by Gasteiger charge is -2.35. The second kappa shape index (κ2) is 14.5. The first-order chi connectivity index (χ1) is 21.2.